The molecule has 0 saturated carbocycles. The van der Waals surface area contributed by atoms with Crippen molar-refractivity contribution in [3.63, 3.8) is 0 Å². The summed E-state index contributed by atoms with van der Waals surface area (Å²) in [5.74, 6) is -1.06. The van der Waals surface area contributed by atoms with Gasteiger partial charge in [-0.15, -0.1) is 0 Å². The Hall–Kier alpha value is -2.87. The number of rotatable bonds is 3. The number of nitriles is 1. The molecule has 1 aromatic heterocycles. The van der Waals surface area contributed by atoms with Gasteiger partial charge in [-0.25, -0.2) is 9.78 Å². The summed E-state index contributed by atoms with van der Waals surface area (Å²) in [7, 11) is 0. The number of carbonyl (C=O) groups is 1. The molecule has 0 atom stereocenters. The molecule has 0 aliphatic rings. The van der Waals surface area contributed by atoms with Crippen LogP contribution in [0.4, 0.5) is 11.4 Å². The van der Waals surface area contributed by atoms with Gasteiger partial charge in [0.25, 0.3) is 0 Å². The summed E-state index contributed by atoms with van der Waals surface area (Å²) in [5.41, 5.74) is 3.00. The molecule has 1 aromatic carbocycles. The van der Waals surface area contributed by atoms with E-state index in [1.54, 1.807) is 18.2 Å². The van der Waals surface area contributed by atoms with Crippen molar-refractivity contribution in [2.24, 2.45) is 0 Å². The SMILES string of the molecule is Cc1ccc(C#N)cc1Nc1ccc(C(=O)O)nc1. The van der Waals surface area contributed by atoms with Crippen molar-refractivity contribution in [2.75, 3.05) is 5.32 Å². The normalized spacial score (nSPS) is 9.68. The Bertz CT molecular complexity index is 657. The molecule has 5 nitrogen and oxygen atoms in total. The molecule has 0 saturated heterocycles. The standard InChI is InChI=1S/C14H11N3O2/c1-9-2-3-10(7-15)6-13(9)17-11-4-5-12(14(18)19)16-8-11/h2-6,8,17H,1H3,(H,18,19). The van der Waals surface area contributed by atoms with Gasteiger partial charge in [-0.1, -0.05) is 6.07 Å². The second kappa shape index (κ2) is 5.19. The molecule has 5 heteroatoms. The maximum Gasteiger partial charge on any atom is 0.354 e. The van der Waals surface area contributed by atoms with Crippen LogP contribution < -0.4 is 5.32 Å². The monoisotopic (exact) mass is 253 g/mol. The number of carboxylic acids is 1. The highest BCUT2D eigenvalue weighted by molar-refractivity contribution is 5.85. The first kappa shape index (κ1) is 12.6. The molecular weight excluding hydrogens is 242 g/mol. The van der Waals surface area contributed by atoms with Gasteiger partial charge in [0.1, 0.15) is 5.69 Å². The quantitative estimate of drug-likeness (QED) is 0.878. The zero-order valence-electron chi connectivity index (χ0n) is 10.2. The van der Waals surface area contributed by atoms with Gasteiger partial charge in [-0.3, -0.25) is 0 Å². The largest absolute Gasteiger partial charge is 0.477 e. The molecule has 1 heterocycles. The van der Waals surface area contributed by atoms with Crippen LogP contribution in [0.3, 0.4) is 0 Å². The van der Waals surface area contributed by atoms with Gasteiger partial charge in [0.05, 0.1) is 23.5 Å². The number of carboxylic acid groups (broad SMARTS) is 1. The summed E-state index contributed by atoms with van der Waals surface area (Å²) in [6.45, 7) is 1.92. The zero-order valence-corrected chi connectivity index (χ0v) is 10.2. The van der Waals surface area contributed by atoms with Crippen molar-refractivity contribution in [1.82, 2.24) is 4.98 Å². The number of hydrogen-bond donors (Lipinski definition) is 2. The predicted octanol–water partition coefficient (Wildman–Crippen LogP) is 2.70. The van der Waals surface area contributed by atoms with E-state index in [1.807, 2.05) is 13.0 Å². The Kier molecular flexibility index (Phi) is 3.44. The lowest BCUT2D eigenvalue weighted by molar-refractivity contribution is 0.0690. The van der Waals surface area contributed by atoms with E-state index in [0.29, 0.717) is 11.3 Å². The highest BCUT2D eigenvalue weighted by Crippen LogP contribution is 2.21. The van der Waals surface area contributed by atoms with Crippen LogP contribution in [-0.4, -0.2) is 16.1 Å². The summed E-state index contributed by atoms with van der Waals surface area (Å²) in [4.78, 5) is 14.5. The third kappa shape index (κ3) is 2.87. The Morgan fingerprint density at radius 1 is 1.37 bits per heavy atom. The zero-order chi connectivity index (χ0) is 13.8. The van der Waals surface area contributed by atoms with E-state index in [1.165, 1.54) is 12.3 Å². The highest BCUT2D eigenvalue weighted by atomic mass is 16.4. The fourth-order valence-corrected chi connectivity index (χ4v) is 1.58. The summed E-state index contributed by atoms with van der Waals surface area (Å²) in [5, 5.41) is 20.7. The van der Waals surface area contributed by atoms with Crippen LogP contribution in [0.15, 0.2) is 36.5 Å². The van der Waals surface area contributed by atoms with Crippen molar-refractivity contribution in [3.05, 3.63) is 53.3 Å². The van der Waals surface area contributed by atoms with Crippen molar-refractivity contribution in [2.45, 2.75) is 6.92 Å². The van der Waals surface area contributed by atoms with E-state index in [2.05, 4.69) is 16.4 Å². The Labute approximate surface area is 110 Å². The number of nitrogens with one attached hydrogen (secondary N) is 1. The first-order valence-electron chi connectivity index (χ1n) is 5.57. The number of pyridine rings is 1. The minimum atomic E-state index is -1.06. The number of nitrogens with zero attached hydrogens (tertiary/aromatic N) is 2. The van der Waals surface area contributed by atoms with Crippen LogP contribution in [0.5, 0.6) is 0 Å². The Morgan fingerprint density at radius 2 is 2.16 bits per heavy atom. The van der Waals surface area contributed by atoms with E-state index in [9.17, 15) is 4.79 Å². The molecule has 0 fully saturated rings. The fraction of sp³-hybridized carbons (Fsp3) is 0.0714. The smallest absolute Gasteiger partial charge is 0.354 e. The molecule has 0 radical (unpaired) electrons. The number of anilines is 2. The lowest BCUT2D eigenvalue weighted by Gasteiger charge is -2.09. The molecule has 0 aliphatic heterocycles. The summed E-state index contributed by atoms with van der Waals surface area (Å²) < 4.78 is 0. The fourth-order valence-electron chi connectivity index (χ4n) is 1.58. The van der Waals surface area contributed by atoms with Crippen LogP contribution >= 0.6 is 0 Å². The van der Waals surface area contributed by atoms with Gasteiger partial charge >= 0.3 is 5.97 Å². The van der Waals surface area contributed by atoms with Crippen LogP contribution in [-0.2, 0) is 0 Å². The summed E-state index contributed by atoms with van der Waals surface area (Å²) >= 11 is 0. The minimum absolute atomic E-state index is 0.00644. The maximum atomic E-state index is 10.7. The number of aryl methyl sites for hydroxylation is 1. The third-order valence-electron chi connectivity index (χ3n) is 2.63. The predicted molar refractivity (Wildman–Crippen MR) is 70.4 cm³/mol. The number of aromatic nitrogens is 1. The number of aromatic carboxylic acids is 1. The number of hydrogen-bond acceptors (Lipinski definition) is 4. The van der Waals surface area contributed by atoms with Crippen molar-refractivity contribution >= 4 is 17.3 Å². The maximum absolute atomic E-state index is 10.7. The average Bonchev–Trinajstić information content (AvgIpc) is 2.42. The van der Waals surface area contributed by atoms with E-state index in [0.717, 1.165) is 11.3 Å². The van der Waals surface area contributed by atoms with Crippen LogP contribution in [0.25, 0.3) is 0 Å². The average molecular weight is 253 g/mol. The van der Waals surface area contributed by atoms with E-state index in [4.69, 9.17) is 10.4 Å². The topological polar surface area (TPSA) is 86.0 Å². The van der Waals surface area contributed by atoms with Gasteiger partial charge in [0.15, 0.2) is 0 Å². The summed E-state index contributed by atoms with van der Waals surface area (Å²) in [6.07, 6.45) is 1.45. The van der Waals surface area contributed by atoms with Crippen molar-refractivity contribution < 1.29 is 9.90 Å². The first-order valence-corrected chi connectivity index (χ1v) is 5.57. The van der Waals surface area contributed by atoms with Crippen molar-refractivity contribution in [3.8, 4) is 6.07 Å². The molecule has 0 spiro atoms. The summed E-state index contributed by atoms with van der Waals surface area (Å²) in [6, 6.07) is 10.5. The van der Waals surface area contributed by atoms with Crippen LogP contribution in [0.2, 0.25) is 0 Å². The van der Waals surface area contributed by atoms with Gasteiger partial charge in [0.2, 0.25) is 0 Å². The first-order chi connectivity index (χ1) is 9.10. The lowest BCUT2D eigenvalue weighted by atomic mass is 10.1. The van der Waals surface area contributed by atoms with Gasteiger partial charge in [-0.05, 0) is 36.8 Å². The minimum Gasteiger partial charge on any atom is -0.477 e. The third-order valence-corrected chi connectivity index (χ3v) is 2.63. The van der Waals surface area contributed by atoms with Gasteiger partial charge < -0.3 is 10.4 Å². The molecule has 2 N–H and O–H groups in total. The second-order valence-corrected chi connectivity index (χ2v) is 4.00. The molecule has 0 amide bonds. The molecule has 94 valence electrons. The highest BCUT2D eigenvalue weighted by Gasteiger charge is 2.05. The van der Waals surface area contributed by atoms with Crippen molar-refractivity contribution in [1.29, 1.82) is 5.26 Å². The lowest BCUT2D eigenvalue weighted by Crippen LogP contribution is -2.01. The van der Waals surface area contributed by atoms with E-state index < -0.39 is 5.97 Å². The van der Waals surface area contributed by atoms with E-state index in [-0.39, 0.29) is 5.69 Å². The molecule has 2 rings (SSSR count). The van der Waals surface area contributed by atoms with Crippen LogP contribution in [0, 0.1) is 18.3 Å². The van der Waals surface area contributed by atoms with E-state index >= 15 is 0 Å². The van der Waals surface area contributed by atoms with Gasteiger partial charge in [-0.2, -0.15) is 5.26 Å². The number of benzene rings is 1. The molecule has 19 heavy (non-hydrogen) atoms. The Balaban J connectivity index is 2.26. The molecule has 0 aliphatic carbocycles. The molecular formula is C14H11N3O2. The second-order valence-electron chi connectivity index (χ2n) is 4.00. The molecule has 0 bridgehead atoms. The molecule has 2 aromatic rings. The van der Waals surface area contributed by atoms with Crippen LogP contribution in [0.1, 0.15) is 21.6 Å². The molecule has 0 unspecified atom stereocenters. The Morgan fingerprint density at radius 3 is 2.74 bits per heavy atom. The van der Waals surface area contributed by atoms with Gasteiger partial charge in [0, 0.05) is 5.69 Å².